The van der Waals surface area contributed by atoms with Crippen molar-refractivity contribution in [3.05, 3.63) is 130 Å². The average Bonchev–Trinajstić information content (AvgIpc) is 3.04. The number of hydrogen-bond acceptors (Lipinski definition) is 6. The van der Waals surface area contributed by atoms with Crippen molar-refractivity contribution in [3.63, 3.8) is 0 Å². The lowest BCUT2D eigenvalue weighted by Gasteiger charge is -2.39. The molecule has 45 heavy (non-hydrogen) atoms. The molecular weight excluding hydrogens is 590 g/mol. The molecule has 9 heteroatoms. The van der Waals surface area contributed by atoms with Gasteiger partial charge in [0.25, 0.3) is 0 Å². The van der Waals surface area contributed by atoms with Crippen molar-refractivity contribution in [1.29, 1.82) is 0 Å². The number of ether oxygens (including phenoxy) is 1. The Morgan fingerprint density at radius 1 is 0.800 bits per heavy atom. The first-order valence-corrected chi connectivity index (χ1v) is 15.3. The Kier molecular flexibility index (Phi) is 12.5. The molecule has 0 aliphatic carbocycles. The van der Waals surface area contributed by atoms with Gasteiger partial charge in [0.15, 0.2) is 0 Å². The van der Waals surface area contributed by atoms with Crippen LogP contribution in [0.4, 0.5) is 11.4 Å². The van der Waals surface area contributed by atoms with Crippen LogP contribution in [0.25, 0.3) is 0 Å². The molecule has 0 radical (unpaired) electrons. The molecule has 1 aliphatic rings. The maximum Gasteiger partial charge on any atom is 0.337 e. The number of anilines is 2. The number of nitrogens with one attached hydrogen (secondary N) is 1. The van der Waals surface area contributed by atoms with E-state index < -0.39 is 11.9 Å². The number of carboxylic acid groups (broad SMARTS) is 2. The molecule has 0 bridgehead atoms. The fourth-order valence-corrected chi connectivity index (χ4v) is 5.43. The van der Waals surface area contributed by atoms with Gasteiger partial charge in [0.2, 0.25) is 0 Å². The van der Waals surface area contributed by atoms with Crippen LogP contribution in [0.15, 0.2) is 97.1 Å². The highest BCUT2D eigenvalue weighted by Crippen LogP contribution is 2.30. The summed E-state index contributed by atoms with van der Waals surface area (Å²) in [5.74, 6) is -1.85. The van der Waals surface area contributed by atoms with Gasteiger partial charge in [-0.25, -0.2) is 9.59 Å². The molecule has 1 heterocycles. The van der Waals surface area contributed by atoms with Crippen LogP contribution in [-0.2, 0) is 9.53 Å². The largest absolute Gasteiger partial charge is 0.480 e. The summed E-state index contributed by atoms with van der Waals surface area (Å²) in [6.07, 6.45) is 0. The van der Waals surface area contributed by atoms with E-state index in [9.17, 15) is 9.59 Å². The number of halogens is 1. The number of piperazine rings is 1. The first-order chi connectivity index (χ1) is 21.7. The summed E-state index contributed by atoms with van der Waals surface area (Å²) in [4.78, 5) is 26.4. The molecule has 0 spiro atoms. The number of nitrogens with zero attached hydrogens (tertiary/aromatic N) is 2. The Balaban J connectivity index is 0.000000222. The van der Waals surface area contributed by atoms with E-state index >= 15 is 0 Å². The SMILES string of the molecule is Cc1cccc(Nc2ccccc2C(=O)O)c1C.O=C(O)COCCN1CCN(C(c2ccccc2)c2ccc(Cl)cc2)CC1. The Morgan fingerprint density at radius 2 is 1.42 bits per heavy atom. The van der Waals surface area contributed by atoms with Crippen molar-refractivity contribution >= 4 is 34.9 Å². The minimum absolute atomic E-state index is 0.203. The predicted octanol–water partition coefficient (Wildman–Crippen LogP) is 6.89. The van der Waals surface area contributed by atoms with Crippen LogP contribution in [-0.4, -0.2) is 77.9 Å². The number of carboxylic acids is 2. The maximum atomic E-state index is 11.1. The van der Waals surface area contributed by atoms with Crippen LogP contribution in [0.1, 0.15) is 38.7 Å². The Morgan fingerprint density at radius 3 is 2.09 bits per heavy atom. The van der Waals surface area contributed by atoms with E-state index in [-0.39, 0.29) is 18.2 Å². The van der Waals surface area contributed by atoms with E-state index in [0.717, 1.165) is 49.0 Å². The van der Waals surface area contributed by atoms with Gasteiger partial charge in [-0.05, 0) is 66.4 Å². The molecule has 1 unspecified atom stereocenters. The zero-order valence-corrected chi connectivity index (χ0v) is 26.4. The second-order valence-electron chi connectivity index (χ2n) is 10.9. The molecular formula is C36H40ClN3O5. The third-order valence-electron chi connectivity index (χ3n) is 7.88. The topological polar surface area (TPSA) is 102 Å². The highest BCUT2D eigenvalue weighted by molar-refractivity contribution is 6.30. The normalized spacial score (nSPS) is 14.2. The molecule has 5 rings (SSSR count). The highest BCUT2D eigenvalue weighted by Gasteiger charge is 2.26. The zero-order chi connectivity index (χ0) is 32.2. The number of aryl methyl sites for hydroxylation is 1. The van der Waals surface area contributed by atoms with Gasteiger partial charge in [0, 0.05) is 43.4 Å². The van der Waals surface area contributed by atoms with E-state index in [1.54, 1.807) is 18.2 Å². The van der Waals surface area contributed by atoms with Crippen LogP contribution in [0.3, 0.4) is 0 Å². The minimum Gasteiger partial charge on any atom is -0.480 e. The molecule has 1 saturated heterocycles. The summed E-state index contributed by atoms with van der Waals surface area (Å²) in [5.41, 5.74) is 6.63. The second-order valence-corrected chi connectivity index (χ2v) is 11.3. The Labute approximate surface area is 269 Å². The van der Waals surface area contributed by atoms with E-state index in [1.165, 1.54) is 16.7 Å². The fourth-order valence-electron chi connectivity index (χ4n) is 5.30. The van der Waals surface area contributed by atoms with Crippen molar-refractivity contribution < 1.29 is 24.5 Å². The highest BCUT2D eigenvalue weighted by atomic mass is 35.5. The number of carbonyl (C=O) groups is 2. The third kappa shape index (κ3) is 9.89. The van der Waals surface area contributed by atoms with Gasteiger partial charge in [0.1, 0.15) is 6.61 Å². The maximum absolute atomic E-state index is 11.1. The monoisotopic (exact) mass is 629 g/mol. The molecule has 3 N–H and O–H groups in total. The first kappa shape index (κ1) is 33.7. The summed E-state index contributed by atoms with van der Waals surface area (Å²) in [7, 11) is 0. The van der Waals surface area contributed by atoms with Gasteiger partial charge < -0.3 is 20.3 Å². The van der Waals surface area contributed by atoms with Crippen LogP contribution >= 0.6 is 11.6 Å². The molecule has 8 nitrogen and oxygen atoms in total. The number of aromatic carboxylic acids is 1. The number of hydrogen-bond donors (Lipinski definition) is 3. The van der Waals surface area contributed by atoms with Gasteiger partial charge in [-0.2, -0.15) is 0 Å². The molecule has 0 aromatic heterocycles. The lowest BCUT2D eigenvalue weighted by molar-refractivity contribution is -0.142. The second kappa shape index (κ2) is 16.7. The quantitative estimate of drug-likeness (QED) is 0.154. The van der Waals surface area contributed by atoms with Gasteiger partial charge in [0.05, 0.1) is 23.9 Å². The molecule has 1 aliphatic heterocycles. The molecule has 4 aromatic carbocycles. The van der Waals surface area contributed by atoms with Crippen LogP contribution in [0.2, 0.25) is 5.02 Å². The predicted molar refractivity (Wildman–Crippen MR) is 179 cm³/mol. The number of para-hydroxylation sites is 1. The number of rotatable bonds is 11. The number of benzene rings is 4. The Hall–Kier alpha value is -4.21. The lowest BCUT2D eigenvalue weighted by atomic mass is 9.96. The van der Waals surface area contributed by atoms with Gasteiger partial charge in [-0.1, -0.05) is 78.3 Å². The van der Waals surface area contributed by atoms with E-state index in [4.69, 9.17) is 26.6 Å². The van der Waals surface area contributed by atoms with Crippen molar-refractivity contribution in [3.8, 4) is 0 Å². The summed E-state index contributed by atoms with van der Waals surface area (Å²) < 4.78 is 5.15. The van der Waals surface area contributed by atoms with Gasteiger partial charge >= 0.3 is 11.9 Å². The van der Waals surface area contributed by atoms with Crippen molar-refractivity contribution in [2.24, 2.45) is 0 Å². The van der Waals surface area contributed by atoms with Crippen molar-refractivity contribution in [1.82, 2.24) is 9.80 Å². The molecule has 4 aromatic rings. The Bertz CT molecular complexity index is 1540. The standard InChI is InChI=1S/C21H25ClN2O3.C15H15NO2/c22-19-8-6-18(7-9-19)21(17-4-2-1-3-5-17)24-12-10-23(11-13-24)14-15-27-16-20(25)26;1-10-6-5-9-13(11(10)2)16-14-8-4-3-7-12(14)15(17)18/h1-9,21H,10-16H2,(H,25,26);3-9,16H,1-2H3,(H,17,18). The zero-order valence-electron chi connectivity index (χ0n) is 25.7. The van der Waals surface area contributed by atoms with Crippen LogP contribution < -0.4 is 5.32 Å². The fraction of sp³-hybridized carbons (Fsp3) is 0.278. The molecule has 236 valence electrons. The molecule has 0 saturated carbocycles. The van der Waals surface area contributed by atoms with E-state index in [2.05, 4.69) is 51.5 Å². The number of aliphatic carboxylic acids is 1. The summed E-state index contributed by atoms with van der Waals surface area (Å²) in [5, 5.41) is 21.7. The summed E-state index contributed by atoms with van der Waals surface area (Å²) in [6, 6.07) is 31.7. The third-order valence-corrected chi connectivity index (χ3v) is 8.13. The lowest BCUT2D eigenvalue weighted by Crippen LogP contribution is -2.48. The van der Waals surface area contributed by atoms with Crippen molar-refractivity contribution in [2.45, 2.75) is 19.9 Å². The molecule has 1 fully saturated rings. The van der Waals surface area contributed by atoms with Crippen molar-refractivity contribution in [2.75, 3.05) is 51.3 Å². The van der Waals surface area contributed by atoms with Crippen LogP contribution in [0, 0.1) is 13.8 Å². The van der Waals surface area contributed by atoms with E-state index in [0.29, 0.717) is 12.3 Å². The van der Waals surface area contributed by atoms with Gasteiger partial charge in [-0.15, -0.1) is 0 Å². The smallest absolute Gasteiger partial charge is 0.337 e. The average molecular weight is 630 g/mol. The molecule has 0 amide bonds. The summed E-state index contributed by atoms with van der Waals surface area (Å²) >= 11 is 6.08. The summed E-state index contributed by atoms with van der Waals surface area (Å²) in [6.45, 7) is 8.80. The van der Waals surface area contributed by atoms with E-state index in [1.807, 2.05) is 56.3 Å². The minimum atomic E-state index is -0.927. The first-order valence-electron chi connectivity index (χ1n) is 14.9. The van der Waals surface area contributed by atoms with Gasteiger partial charge in [-0.3, -0.25) is 9.80 Å². The van der Waals surface area contributed by atoms with Crippen LogP contribution in [0.5, 0.6) is 0 Å². The molecule has 1 atom stereocenters.